The Balaban J connectivity index is -0.000000241. The van der Waals surface area contributed by atoms with E-state index >= 15 is 0 Å². The van der Waals surface area contributed by atoms with Crippen molar-refractivity contribution in [1.82, 2.24) is 6.15 Å². The van der Waals surface area contributed by atoms with E-state index in [9.17, 15) is 0 Å². The molecular weight excluding hydrogens is 470 g/mol. The SMILES string of the molecule is Br.Br.Br.CCCCCCCCCCCCCCCCCC.N. The zero-order chi connectivity index (χ0) is 13.3. The Labute approximate surface area is 173 Å². The predicted molar refractivity (Wildman–Crippen MR) is 121 cm³/mol. The molecule has 0 atom stereocenters. The lowest BCUT2D eigenvalue weighted by atomic mass is 10.0. The van der Waals surface area contributed by atoms with Gasteiger partial charge in [0.05, 0.1) is 0 Å². The number of rotatable bonds is 15. The predicted octanol–water partition coefficient (Wildman–Crippen LogP) is 9.16. The van der Waals surface area contributed by atoms with E-state index in [0.29, 0.717) is 0 Å². The van der Waals surface area contributed by atoms with Gasteiger partial charge in [-0.3, -0.25) is 0 Å². The van der Waals surface area contributed by atoms with Crippen molar-refractivity contribution in [2.45, 2.75) is 117 Å². The monoisotopic (exact) mass is 511 g/mol. The molecule has 0 heterocycles. The fourth-order valence-corrected chi connectivity index (χ4v) is 2.62. The molecule has 0 fully saturated rings. The van der Waals surface area contributed by atoms with Crippen molar-refractivity contribution in [2.24, 2.45) is 0 Å². The number of halogens is 3. The summed E-state index contributed by atoms with van der Waals surface area (Å²) in [5.74, 6) is 0. The van der Waals surface area contributed by atoms with Crippen molar-refractivity contribution in [3.8, 4) is 0 Å². The molecule has 0 rings (SSSR count). The van der Waals surface area contributed by atoms with Crippen LogP contribution in [0.15, 0.2) is 0 Å². The molecule has 0 aromatic carbocycles. The second-order valence-corrected chi connectivity index (χ2v) is 5.95. The second-order valence-electron chi connectivity index (χ2n) is 5.95. The van der Waals surface area contributed by atoms with Gasteiger partial charge in [0.25, 0.3) is 0 Å². The smallest absolute Gasteiger partial charge is 0.0533 e. The van der Waals surface area contributed by atoms with Crippen molar-refractivity contribution >= 4 is 50.9 Å². The summed E-state index contributed by atoms with van der Waals surface area (Å²) < 4.78 is 0. The van der Waals surface area contributed by atoms with Gasteiger partial charge >= 0.3 is 0 Å². The maximum Gasteiger partial charge on any atom is -0.0533 e. The van der Waals surface area contributed by atoms with Crippen molar-refractivity contribution in [2.75, 3.05) is 0 Å². The number of unbranched alkanes of at least 4 members (excludes halogenated alkanes) is 15. The third kappa shape index (κ3) is 33.1. The minimum Gasteiger partial charge on any atom is -0.344 e. The van der Waals surface area contributed by atoms with Gasteiger partial charge in [-0.2, -0.15) is 0 Å². The zero-order valence-corrected chi connectivity index (χ0v) is 20.4. The molecule has 0 spiro atoms. The first kappa shape index (κ1) is 34.7. The molecule has 0 aliphatic heterocycles. The van der Waals surface area contributed by atoms with E-state index in [4.69, 9.17) is 0 Å². The van der Waals surface area contributed by atoms with E-state index in [-0.39, 0.29) is 57.1 Å². The van der Waals surface area contributed by atoms with Crippen LogP contribution in [0.5, 0.6) is 0 Å². The summed E-state index contributed by atoms with van der Waals surface area (Å²) >= 11 is 0. The summed E-state index contributed by atoms with van der Waals surface area (Å²) in [6.07, 6.45) is 23.4. The summed E-state index contributed by atoms with van der Waals surface area (Å²) in [7, 11) is 0. The Morgan fingerprint density at radius 2 is 0.455 bits per heavy atom. The van der Waals surface area contributed by atoms with E-state index < -0.39 is 0 Å². The lowest BCUT2D eigenvalue weighted by Crippen LogP contribution is -1.83. The van der Waals surface area contributed by atoms with Gasteiger partial charge in [-0.25, -0.2) is 0 Å². The van der Waals surface area contributed by atoms with Crippen LogP contribution in [0.1, 0.15) is 117 Å². The molecule has 0 bridgehead atoms. The molecule has 0 aliphatic rings. The summed E-state index contributed by atoms with van der Waals surface area (Å²) in [5, 5.41) is 0. The highest BCUT2D eigenvalue weighted by Crippen LogP contribution is 2.13. The summed E-state index contributed by atoms with van der Waals surface area (Å²) in [6, 6.07) is 0. The van der Waals surface area contributed by atoms with E-state index in [1.807, 2.05) is 0 Å². The molecule has 1 nitrogen and oxygen atoms in total. The third-order valence-electron chi connectivity index (χ3n) is 3.96. The largest absolute Gasteiger partial charge is 0.344 e. The quantitative estimate of drug-likeness (QED) is 0.217. The molecule has 4 heteroatoms. The Kier molecular flexibility index (Phi) is 53.4. The Bertz CT molecular complexity index is 130. The normalized spacial score (nSPS) is 9.00. The van der Waals surface area contributed by atoms with Crippen LogP contribution in [-0.2, 0) is 0 Å². The standard InChI is InChI=1S/C18H38.3BrH.H3N/c1-3-5-7-9-11-13-15-17-18-16-14-12-10-8-6-4-2;;;;/h3-18H2,1-2H3;3*1H;1H3. The summed E-state index contributed by atoms with van der Waals surface area (Å²) in [5.41, 5.74) is 0. The lowest BCUT2D eigenvalue weighted by Gasteiger charge is -2.03. The molecule has 22 heavy (non-hydrogen) atoms. The molecule has 3 N–H and O–H groups in total. The van der Waals surface area contributed by atoms with Gasteiger partial charge < -0.3 is 6.15 Å². The van der Waals surface area contributed by atoms with Crippen LogP contribution in [-0.4, -0.2) is 0 Å². The lowest BCUT2D eigenvalue weighted by molar-refractivity contribution is 0.531. The van der Waals surface area contributed by atoms with Gasteiger partial charge in [-0.1, -0.05) is 117 Å². The number of hydrogen-bond donors (Lipinski definition) is 1. The van der Waals surface area contributed by atoms with Gasteiger partial charge in [0.2, 0.25) is 0 Å². The Morgan fingerprint density at radius 1 is 0.318 bits per heavy atom. The fourth-order valence-electron chi connectivity index (χ4n) is 2.62. The van der Waals surface area contributed by atoms with Crippen molar-refractivity contribution in [3.05, 3.63) is 0 Å². The highest BCUT2D eigenvalue weighted by Gasteiger charge is 1.93. The van der Waals surface area contributed by atoms with Crippen LogP contribution in [0.3, 0.4) is 0 Å². The topological polar surface area (TPSA) is 35.0 Å². The maximum absolute atomic E-state index is 2.29. The molecule has 0 aromatic heterocycles. The van der Waals surface area contributed by atoms with Crippen LogP contribution in [0.2, 0.25) is 0 Å². The van der Waals surface area contributed by atoms with Crippen LogP contribution in [0.4, 0.5) is 0 Å². The van der Waals surface area contributed by atoms with Gasteiger partial charge in [0.1, 0.15) is 0 Å². The molecule has 0 radical (unpaired) electrons. The Hall–Kier alpha value is 1.40. The maximum atomic E-state index is 2.29. The third-order valence-corrected chi connectivity index (χ3v) is 3.96. The summed E-state index contributed by atoms with van der Waals surface area (Å²) in [4.78, 5) is 0. The minimum atomic E-state index is 0. The Morgan fingerprint density at radius 3 is 0.591 bits per heavy atom. The van der Waals surface area contributed by atoms with Crippen molar-refractivity contribution < 1.29 is 0 Å². The van der Waals surface area contributed by atoms with E-state index in [2.05, 4.69) is 13.8 Å². The van der Waals surface area contributed by atoms with Crippen LogP contribution in [0, 0.1) is 0 Å². The molecule has 0 amide bonds. The first-order valence-electron chi connectivity index (χ1n) is 8.91. The highest BCUT2D eigenvalue weighted by molar-refractivity contribution is 8.93. The first-order chi connectivity index (χ1) is 8.91. The van der Waals surface area contributed by atoms with E-state index in [0.717, 1.165) is 0 Å². The summed E-state index contributed by atoms with van der Waals surface area (Å²) in [6.45, 7) is 4.59. The van der Waals surface area contributed by atoms with E-state index in [1.165, 1.54) is 103 Å². The van der Waals surface area contributed by atoms with Gasteiger partial charge in [-0.05, 0) is 0 Å². The fraction of sp³-hybridized carbons (Fsp3) is 1.00. The molecule has 0 unspecified atom stereocenters. The average Bonchev–Trinajstić information content (AvgIpc) is 2.39. The van der Waals surface area contributed by atoms with Crippen molar-refractivity contribution in [3.63, 3.8) is 0 Å². The average molecular weight is 514 g/mol. The highest BCUT2D eigenvalue weighted by atomic mass is 79.9. The van der Waals surface area contributed by atoms with Crippen LogP contribution >= 0.6 is 50.9 Å². The first-order valence-corrected chi connectivity index (χ1v) is 8.91. The molecule has 0 saturated heterocycles. The molecule has 0 aromatic rings. The minimum absolute atomic E-state index is 0. The second kappa shape index (κ2) is 33.9. The van der Waals surface area contributed by atoms with Crippen LogP contribution < -0.4 is 6.15 Å². The molecule has 0 aliphatic carbocycles. The number of hydrogen-bond acceptors (Lipinski definition) is 1. The van der Waals surface area contributed by atoms with Crippen LogP contribution in [0.25, 0.3) is 0 Å². The molecule has 142 valence electrons. The zero-order valence-electron chi connectivity index (χ0n) is 15.2. The molecular formula is C18H44Br3N. The van der Waals surface area contributed by atoms with Crippen molar-refractivity contribution in [1.29, 1.82) is 0 Å². The van der Waals surface area contributed by atoms with Gasteiger partial charge in [0, 0.05) is 0 Å². The van der Waals surface area contributed by atoms with E-state index in [1.54, 1.807) is 0 Å². The van der Waals surface area contributed by atoms with Gasteiger partial charge in [-0.15, -0.1) is 50.9 Å². The van der Waals surface area contributed by atoms with Gasteiger partial charge in [0.15, 0.2) is 0 Å². The molecule has 0 saturated carbocycles.